The maximum atomic E-state index is 4.43. The maximum Gasteiger partial charge on any atom is 0.0897 e. The lowest BCUT2D eigenvalue weighted by atomic mass is 9.93. The van der Waals surface area contributed by atoms with Crippen LogP contribution in [0.1, 0.15) is 34.7 Å². The summed E-state index contributed by atoms with van der Waals surface area (Å²) in [6.45, 7) is 6.63. The molecule has 1 spiro atoms. The molecule has 0 bridgehead atoms. The van der Waals surface area contributed by atoms with Crippen molar-refractivity contribution in [3.05, 3.63) is 38.5 Å². The first kappa shape index (κ1) is 14.8. The fourth-order valence-electron chi connectivity index (χ4n) is 3.88. The Morgan fingerprint density at radius 3 is 2.91 bits per heavy atom. The molecule has 3 nitrogen and oxygen atoms in total. The summed E-state index contributed by atoms with van der Waals surface area (Å²) in [5.41, 5.74) is 2.06. The summed E-state index contributed by atoms with van der Waals surface area (Å²) in [5, 5.41) is 9.18. The van der Waals surface area contributed by atoms with E-state index >= 15 is 0 Å². The van der Waals surface area contributed by atoms with E-state index in [4.69, 9.17) is 0 Å². The van der Waals surface area contributed by atoms with Crippen LogP contribution in [0.2, 0.25) is 0 Å². The summed E-state index contributed by atoms with van der Waals surface area (Å²) < 4.78 is 0. The lowest BCUT2D eigenvalue weighted by Crippen LogP contribution is -2.35. The van der Waals surface area contributed by atoms with E-state index in [9.17, 15) is 0 Å². The largest absolute Gasteiger partial charge is 0.317 e. The number of piperidine rings is 1. The van der Waals surface area contributed by atoms with Crippen LogP contribution in [-0.4, -0.2) is 29.0 Å². The zero-order valence-electron chi connectivity index (χ0n) is 13.0. The Balaban J connectivity index is 1.50. The number of nitrogens with zero attached hydrogens (tertiary/aromatic N) is 2. The van der Waals surface area contributed by atoms with Gasteiger partial charge in [0.2, 0.25) is 0 Å². The molecule has 1 aliphatic heterocycles. The molecule has 2 aromatic heterocycles. The van der Waals surface area contributed by atoms with Crippen molar-refractivity contribution in [2.75, 3.05) is 13.1 Å². The molecule has 1 saturated heterocycles. The number of hydrogen-bond acceptors (Lipinski definition) is 5. The van der Waals surface area contributed by atoms with E-state index in [2.05, 4.69) is 45.1 Å². The van der Waals surface area contributed by atoms with Crippen molar-refractivity contribution in [3.63, 3.8) is 0 Å². The normalized spacial score (nSPS) is 23.3. The molecule has 1 saturated carbocycles. The molecule has 0 radical (unpaired) electrons. The minimum absolute atomic E-state index is 0.598. The number of aromatic nitrogens is 1. The summed E-state index contributed by atoms with van der Waals surface area (Å²) in [6.07, 6.45) is 6.15. The van der Waals surface area contributed by atoms with Crippen LogP contribution in [0.4, 0.5) is 0 Å². The highest BCUT2D eigenvalue weighted by atomic mass is 32.1. The molecule has 2 aliphatic rings. The van der Waals surface area contributed by atoms with E-state index in [1.165, 1.54) is 47.8 Å². The van der Waals surface area contributed by atoms with Gasteiger partial charge in [0.25, 0.3) is 0 Å². The number of thiazole rings is 1. The third-order valence-corrected chi connectivity index (χ3v) is 6.81. The Hall–Kier alpha value is -0.750. The molecule has 3 heterocycles. The molecule has 0 unspecified atom stereocenters. The summed E-state index contributed by atoms with van der Waals surface area (Å²) >= 11 is 3.65. The highest BCUT2D eigenvalue weighted by Crippen LogP contribution is 2.56. The zero-order chi connectivity index (χ0) is 15.0. The van der Waals surface area contributed by atoms with Gasteiger partial charge in [0.15, 0.2) is 0 Å². The van der Waals surface area contributed by atoms with E-state index < -0.39 is 0 Å². The molecule has 2 aromatic rings. The van der Waals surface area contributed by atoms with Gasteiger partial charge in [0.05, 0.1) is 5.01 Å². The topological polar surface area (TPSA) is 28.2 Å². The Bertz CT molecular complexity index is 614. The van der Waals surface area contributed by atoms with Gasteiger partial charge in [-0.3, -0.25) is 4.90 Å². The van der Waals surface area contributed by atoms with Gasteiger partial charge in [-0.2, -0.15) is 11.3 Å². The van der Waals surface area contributed by atoms with E-state index in [0.29, 0.717) is 5.41 Å². The highest BCUT2D eigenvalue weighted by Gasteiger charge is 2.56. The van der Waals surface area contributed by atoms with Gasteiger partial charge >= 0.3 is 0 Å². The smallest absolute Gasteiger partial charge is 0.0897 e. The molecular weight excluding hydrogens is 310 g/mol. The van der Waals surface area contributed by atoms with Gasteiger partial charge in [-0.25, -0.2) is 4.98 Å². The average Bonchev–Trinajstić information content (AvgIpc) is 2.90. The van der Waals surface area contributed by atoms with Crippen molar-refractivity contribution in [2.24, 2.45) is 5.41 Å². The van der Waals surface area contributed by atoms with Gasteiger partial charge in [-0.1, -0.05) is 0 Å². The number of thiophene rings is 1. The Morgan fingerprint density at radius 1 is 1.36 bits per heavy atom. The van der Waals surface area contributed by atoms with Crippen LogP contribution >= 0.6 is 22.7 Å². The number of nitrogens with one attached hydrogen (secondary N) is 1. The first-order chi connectivity index (χ1) is 10.8. The lowest BCUT2D eigenvalue weighted by molar-refractivity contribution is 0.189. The van der Waals surface area contributed by atoms with Gasteiger partial charge in [-0.05, 0) is 67.1 Å². The molecule has 22 heavy (non-hydrogen) atoms. The van der Waals surface area contributed by atoms with Gasteiger partial charge in [0.1, 0.15) is 0 Å². The van der Waals surface area contributed by atoms with Crippen LogP contribution in [0.3, 0.4) is 0 Å². The summed E-state index contributed by atoms with van der Waals surface area (Å²) in [5.74, 6) is 0. The molecule has 1 aliphatic carbocycles. The fourth-order valence-corrected chi connectivity index (χ4v) is 5.36. The lowest BCUT2D eigenvalue weighted by Gasteiger charge is -2.29. The van der Waals surface area contributed by atoms with E-state index in [0.717, 1.165) is 19.1 Å². The molecule has 5 heteroatoms. The Kier molecular flexibility index (Phi) is 4.07. The molecule has 4 rings (SSSR count). The minimum Gasteiger partial charge on any atom is -0.317 e. The van der Waals surface area contributed by atoms with Crippen LogP contribution in [0.5, 0.6) is 0 Å². The molecule has 2 fully saturated rings. The molecular formula is C17H23N3S2. The summed E-state index contributed by atoms with van der Waals surface area (Å²) in [6, 6.07) is 3.03. The van der Waals surface area contributed by atoms with Gasteiger partial charge in [-0.15, -0.1) is 11.3 Å². The van der Waals surface area contributed by atoms with Gasteiger partial charge < -0.3 is 5.32 Å². The van der Waals surface area contributed by atoms with E-state index in [1.807, 2.05) is 11.3 Å². The van der Waals surface area contributed by atoms with Crippen LogP contribution in [-0.2, 0) is 13.1 Å². The second kappa shape index (κ2) is 6.04. The maximum absolute atomic E-state index is 4.43. The van der Waals surface area contributed by atoms with Crippen LogP contribution in [0.15, 0.2) is 23.0 Å². The van der Waals surface area contributed by atoms with Crippen molar-refractivity contribution in [3.8, 4) is 0 Å². The van der Waals surface area contributed by atoms with Crippen LogP contribution in [0.25, 0.3) is 0 Å². The molecule has 0 aromatic carbocycles. The Labute approximate surface area is 140 Å². The van der Waals surface area contributed by atoms with Crippen molar-refractivity contribution in [1.82, 2.24) is 15.2 Å². The number of rotatable bonds is 5. The second-order valence-electron chi connectivity index (χ2n) is 6.71. The van der Waals surface area contributed by atoms with Crippen LogP contribution < -0.4 is 5.32 Å². The van der Waals surface area contributed by atoms with Crippen molar-refractivity contribution in [1.29, 1.82) is 0 Å². The van der Waals surface area contributed by atoms with Crippen LogP contribution in [0, 0.1) is 12.3 Å². The quantitative estimate of drug-likeness (QED) is 0.905. The van der Waals surface area contributed by atoms with Gasteiger partial charge in [0, 0.05) is 30.2 Å². The standard InChI is InChI=1S/C17H23N3S2/c1-13-19-9-15(22-13)11-20(10-14-2-7-21-12-14)16-8-17(16)3-5-18-6-4-17/h2,7,9,12,16,18H,3-6,8,10-11H2,1H3/t16-/m1/s1. The van der Waals surface area contributed by atoms with E-state index in [-0.39, 0.29) is 0 Å². The summed E-state index contributed by atoms with van der Waals surface area (Å²) in [4.78, 5) is 8.55. The third-order valence-electron chi connectivity index (χ3n) is 5.18. The van der Waals surface area contributed by atoms with Crippen molar-refractivity contribution in [2.45, 2.75) is 45.3 Å². The predicted molar refractivity (Wildman–Crippen MR) is 93.4 cm³/mol. The average molecular weight is 334 g/mol. The first-order valence-corrected chi connectivity index (χ1v) is 9.88. The molecule has 118 valence electrons. The van der Waals surface area contributed by atoms with E-state index in [1.54, 1.807) is 11.3 Å². The monoisotopic (exact) mass is 333 g/mol. The van der Waals surface area contributed by atoms with Crippen molar-refractivity contribution >= 4 is 22.7 Å². The predicted octanol–water partition coefficient (Wildman–Crippen LogP) is 3.66. The number of aryl methyl sites for hydroxylation is 1. The molecule has 1 atom stereocenters. The molecule has 0 amide bonds. The first-order valence-electron chi connectivity index (χ1n) is 8.12. The fraction of sp³-hybridized carbons (Fsp3) is 0.588. The van der Waals surface area contributed by atoms with Crippen molar-refractivity contribution < 1.29 is 0 Å². The Morgan fingerprint density at radius 2 is 2.23 bits per heavy atom. The zero-order valence-corrected chi connectivity index (χ0v) is 14.7. The number of hydrogen-bond donors (Lipinski definition) is 1. The third kappa shape index (κ3) is 3.00. The molecule has 1 N–H and O–H groups in total. The minimum atomic E-state index is 0.598. The second-order valence-corrected chi connectivity index (χ2v) is 8.81. The highest BCUT2D eigenvalue weighted by molar-refractivity contribution is 7.11. The SMILES string of the molecule is Cc1ncc(CN(Cc2ccsc2)[C@@H]2CC23CCNCC3)s1. The summed E-state index contributed by atoms with van der Waals surface area (Å²) in [7, 11) is 0.